The van der Waals surface area contributed by atoms with Crippen LogP contribution in [0.3, 0.4) is 0 Å². The van der Waals surface area contributed by atoms with Gasteiger partial charge in [-0.3, -0.25) is 4.79 Å². The van der Waals surface area contributed by atoms with Gasteiger partial charge in [0, 0.05) is 0 Å². The molecule has 1 atom stereocenters. The molecule has 0 unspecified atom stereocenters. The third kappa shape index (κ3) is 5.07. The molecule has 1 aromatic carbocycles. The highest BCUT2D eigenvalue weighted by Gasteiger charge is 2.18. The van der Waals surface area contributed by atoms with E-state index in [1.54, 1.807) is 24.3 Å². The zero-order valence-corrected chi connectivity index (χ0v) is 14.7. The predicted octanol–water partition coefficient (Wildman–Crippen LogP) is 2.52. The second-order valence-electron chi connectivity index (χ2n) is 5.57. The van der Waals surface area contributed by atoms with Crippen LogP contribution in [0, 0.1) is 13.8 Å². The molecule has 0 amide bonds. The quantitative estimate of drug-likeness (QED) is 0.711. The maximum Gasteiger partial charge on any atom is 0.346 e. The van der Waals surface area contributed by atoms with Crippen molar-refractivity contribution in [3.63, 3.8) is 0 Å². The zero-order chi connectivity index (χ0) is 18.4. The summed E-state index contributed by atoms with van der Waals surface area (Å²) in [5.74, 6) is 0.315. The fraction of sp³-hybridized carbons (Fsp3) is 0.389. The molecule has 2 rings (SSSR count). The molecule has 2 aromatic rings. The van der Waals surface area contributed by atoms with Gasteiger partial charge in [0.2, 0.25) is 0 Å². The van der Waals surface area contributed by atoms with Crippen molar-refractivity contribution in [3.8, 4) is 5.75 Å². The third-order valence-electron chi connectivity index (χ3n) is 3.68. The lowest BCUT2D eigenvalue weighted by Gasteiger charge is -2.11. The minimum atomic E-state index is -0.921. The number of ether oxygens (including phenoxy) is 3. The van der Waals surface area contributed by atoms with Crippen LogP contribution in [-0.2, 0) is 32.1 Å². The Balaban J connectivity index is 1.87. The van der Waals surface area contributed by atoms with Crippen molar-refractivity contribution in [1.29, 1.82) is 0 Å². The Labute approximate surface area is 145 Å². The smallest absolute Gasteiger partial charge is 0.346 e. The Morgan fingerprint density at radius 2 is 1.88 bits per heavy atom. The molecule has 0 aliphatic rings. The number of esters is 2. The summed E-state index contributed by atoms with van der Waals surface area (Å²) in [4.78, 5) is 23.0. The van der Waals surface area contributed by atoms with E-state index in [-0.39, 0.29) is 6.42 Å². The molecule has 0 aliphatic carbocycles. The molecule has 25 heavy (non-hydrogen) atoms. The van der Waals surface area contributed by atoms with Gasteiger partial charge in [0.1, 0.15) is 18.1 Å². The minimum absolute atomic E-state index is 0.0610. The Morgan fingerprint density at radius 1 is 1.20 bits per heavy atom. The molecule has 0 fully saturated rings. The number of rotatable bonds is 7. The van der Waals surface area contributed by atoms with Gasteiger partial charge < -0.3 is 18.7 Å². The second-order valence-corrected chi connectivity index (χ2v) is 5.57. The number of aromatic nitrogens is 1. The SMILES string of the molecule is COC(=O)[C@@H](C)OC(=O)Cc1ccc(OCc2c(C)noc2C)cc1. The number of nitrogens with zero attached hydrogens (tertiary/aromatic N) is 1. The second kappa shape index (κ2) is 8.32. The summed E-state index contributed by atoms with van der Waals surface area (Å²) in [5.41, 5.74) is 2.48. The first-order chi connectivity index (χ1) is 11.9. The average Bonchev–Trinajstić information content (AvgIpc) is 2.91. The highest BCUT2D eigenvalue weighted by molar-refractivity contribution is 5.79. The zero-order valence-electron chi connectivity index (χ0n) is 14.7. The van der Waals surface area contributed by atoms with Crippen molar-refractivity contribution in [1.82, 2.24) is 5.16 Å². The summed E-state index contributed by atoms with van der Waals surface area (Å²) < 4.78 is 20.3. The van der Waals surface area contributed by atoms with Gasteiger partial charge in [0.15, 0.2) is 6.10 Å². The van der Waals surface area contributed by atoms with Crippen LogP contribution < -0.4 is 4.74 Å². The van der Waals surface area contributed by atoms with Gasteiger partial charge in [-0.05, 0) is 38.5 Å². The largest absolute Gasteiger partial charge is 0.489 e. The summed E-state index contributed by atoms with van der Waals surface area (Å²) in [7, 11) is 1.24. The molecule has 134 valence electrons. The van der Waals surface area contributed by atoms with Crippen molar-refractivity contribution in [2.45, 2.75) is 39.9 Å². The van der Waals surface area contributed by atoms with Crippen LogP contribution in [0.1, 0.15) is 29.5 Å². The Morgan fingerprint density at radius 3 is 2.44 bits per heavy atom. The average molecular weight is 347 g/mol. The molecule has 0 spiro atoms. The molecular formula is C18H21NO6. The van der Waals surface area contributed by atoms with Crippen molar-refractivity contribution in [2.75, 3.05) is 7.11 Å². The van der Waals surface area contributed by atoms with Gasteiger partial charge >= 0.3 is 11.9 Å². The number of methoxy groups -OCH3 is 1. The van der Waals surface area contributed by atoms with Crippen LogP contribution in [-0.4, -0.2) is 30.3 Å². The van der Waals surface area contributed by atoms with Crippen LogP contribution in [0.25, 0.3) is 0 Å². The van der Waals surface area contributed by atoms with E-state index in [4.69, 9.17) is 14.0 Å². The maximum atomic E-state index is 11.8. The minimum Gasteiger partial charge on any atom is -0.489 e. The third-order valence-corrected chi connectivity index (χ3v) is 3.68. The van der Waals surface area contributed by atoms with Crippen LogP contribution >= 0.6 is 0 Å². The summed E-state index contributed by atoms with van der Waals surface area (Å²) in [6.07, 6.45) is -0.860. The lowest BCUT2D eigenvalue weighted by atomic mass is 10.1. The lowest BCUT2D eigenvalue weighted by molar-refractivity contribution is -0.164. The molecule has 1 aromatic heterocycles. The fourth-order valence-electron chi connectivity index (χ4n) is 2.19. The van der Waals surface area contributed by atoms with Crippen molar-refractivity contribution in [3.05, 3.63) is 46.8 Å². The predicted molar refractivity (Wildman–Crippen MR) is 88.0 cm³/mol. The van der Waals surface area contributed by atoms with Crippen LogP contribution in [0.15, 0.2) is 28.8 Å². The molecular weight excluding hydrogens is 326 g/mol. The van der Waals surface area contributed by atoms with E-state index >= 15 is 0 Å². The number of benzene rings is 1. The normalized spacial score (nSPS) is 11.7. The van der Waals surface area contributed by atoms with E-state index in [1.807, 2.05) is 13.8 Å². The molecule has 0 radical (unpaired) electrons. The van der Waals surface area contributed by atoms with Gasteiger partial charge in [0.05, 0.1) is 24.8 Å². The number of carbonyl (C=O) groups excluding carboxylic acids is 2. The molecule has 0 bridgehead atoms. The molecule has 1 heterocycles. The summed E-state index contributed by atoms with van der Waals surface area (Å²) >= 11 is 0. The topological polar surface area (TPSA) is 87.9 Å². The molecule has 7 nitrogen and oxygen atoms in total. The van der Waals surface area contributed by atoms with E-state index in [9.17, 15) is 9.59 Å². The number of hydrogen-bond donors (Lipinski definition) is 0. The van der Waals surface area contributed by atoms with Gasteiger partial charge in [-0.15, -0.1) is 0 Å². The monoisotopic (exact) mass is 347 g/mol. The first-order valence-electron chi connectivity index (χ1n) is 7.81. The number of hydrogen-bond acceptors (Lipinski definition) is 7. The summed E-state index contributed by atoms with van der Waals surface area (Å²) in [6, 6.07) is 7.08. The van der Waals surface area contributed by atoms with Crippen molar-refractivity contribution >= 4 is 11.9 Å². The maximum absolute atomic E-state index is 11.8. The first-order valence-corrected chi connectivity index (χ1v) is 7.81. The Hall–Kier alpha value is -2.83. The molecule has 0 saturated heterocycles. The standard InChI is InChI=1S/C18H21NO6/c1-11-16(12(2)25-19-11)10-23-15-7-5-14(6-8-15)9-17(20)24-13(3)18(21)22-4/h5-8,13H,9-10H2,1-4H3/t13-/m1/s1. The van der Waals surface area contributed by atoms with Crippen LogP contribution in [0.5, 0.6) is 5.75 Å². The highest BCUT2D eigenvalue weighted by atomic mass is 16.6. The van der Waals surface area contributed by atoms with E-state index in [0.29, 0.717) is 12.4 Å². The first kappa shape index (κ1) is 18.5. The Kier molecular flexibility index (Phi) is 6.16. The van der Waals surface area contributed by atoms with Crippen LogP contribution in [0.4, 0.5) is 0 Å². The van der Waals surface area contributed by atoms with Crippen LogP contribution in [0.2, 0.25) is 0 Å². The van der Waals surface area contributed by atoms with E-state index in [2.05, 4.69) is 9.89 Å². The van der Waals surface area contributed by atoms with E-state index < -0.39 is 18.0 Å². The Bertz CT molecular complexity index is 715. The van der Waals surface area contributed by atoms with E-state index in [0.717, 1.165) is 22.6 Å². The molecule has 0 N–H and O–H groups in total. The molecule has 0 aliphatic heterocycles. The summed E-state index contributed by atoms with van der Waals surface area (Å²) in [6.45, 7) is 5.52. The molecule has 7 heteroatoms. The van der Waals surface area contributed by atoms with Crippen molar-refractivity contribution in [2.24, 2.45) is 0 Å². The lowest BCUT2D eigenvalue weighted by Crippen LogP contribution is -2.26. The van der Waals surface area contributed by atoms with E-state index in [1.165, 1.54) is 14.0 Å². The van der Waals surface area contributed by atoms with Gasteiger partial charge in [0.25, 0.3) is 0 Å². The van der Waals surface area contributed by atoms with Gasteiger partial charge in [-0.1, -0.05) is 17.3 Å². The molecule has 0 saturated carbocycles. The fourth-order valence-corrected chi connectivity index (χ4v) is 2.19. The number of carbonyl (C=O) groups is 2. The van der Waals surface area contributed by atoms with Gasteiger partial charge in [-0.2, -0.15) is 0 Å². The van der Waals surface area contributed by atoms with Crippen molar-refractivity contribution < 1.29 is 28.3 Å². The number of aryl methyl sites for hydroxylation is 2. The summed E-state index contributed by atoms with van der Waals surface area (Å²) in [5, 5.41) is 3.88. The highest BCUT2D eigenvalue weighted by Crippen LogP contribution is 2.18. The van der Waals surface area contributed by atoms with Gasteiger partial charge in [-0.25, -0.2) is 4.79 Å².